The number of hydrogen-bond acceptors (Lipinski definition) is 4. The minimum absolute atomic E-state index is 0.264. The van der Waals surface area contributed by atoms with Crippen LogP contribution in [0.25, 0.3) is 44.5 Å². The van der Waals surface area contributed by atoms with Crippen LogP contribution in [0.1, 0.15) is 135 Å². The molecule has 2 atom stereocenters. The quantitative estimate of drug-likeness (QED) is 0.144. The fourth-order valence-corrected chi connectivity index (χ4v) is 11.9. The van der Waals surface area contributed by atoms with E-state index in [9.17, 15) is 10.2 Å². The molecule has 0 bridgehead atoms. The summed E-state index contributed by atoms with van der Waals surface area (Å²) < 4.78 is 14.0. The Morgan fingerprint density at radius 3 is 1.08 bits per heavy atom. The molecule has 0 saturated carbocycles. The third-order valence-corrected chi connectivity index (χ3v) is 16.1. The van der Waals surface area contributed by atoms with E-state index in [4.69, 9.17) is 9.47 Å². The normalized spacial score (nSPS) is 16.7. The Labute approximate surface area is 388 Å². The summed E-state index contributed by atoms with van der Waals surface area (Å²) in [6.45, 7) is 13.0. The van der Waals surface area contributed by atoms with E-state index in [1.165, 1.54) is 107 Å². The number of aryl methyl sites for hydroxylation is 6. The molecule has 10 rings (SSSR count). The fraction of sp³-hybridized carbons (Fsp3) is 0.410. The van der Waals surface area contributed by atoms with Gasteiger partial charge < -0.3 is 19.7 Å². The average Bonchev–Trinajstić information content (AvgIpc) is 3.31. The summed E-state index contributed by atoms with van der Waals surface area (Å²) in [5, 5.41) is 24.9. The van der Waals surface area contributed by atoms with Crippen LogP contribution in [0.15, 0.2) is 84.9 Å². The number of phenolic OH excluding ortho intramolecular Hbond substituents is 2. The van der Waals surface area contributed by atoms with Crippen molar-refractivity contribution in [1.29, 1.82) is 0 Å². The van der Waals surface area contributed by atoms with Crippen LogP contribution in [0.5, 0.6) is 23.0 Å². The molecule has 0 aliphatic heterocycles. The van der Waals surface area contributed by atoms with Gasteiger partial charge in [0.1, 0.15) is 35.2 Å². The van der Waals surface area contributed by atoms with Crippen LogP contribution in [0, 0.1) is 19.3 Å². The van der Waals surface area contributed by atoms with Gasteiger partial charge in [-0.3, -0.25) is 0 Å². The predicted octanol–water partition coefficient (Wildman–Crippen LogP) is 15.2. The first kappa shape index (κ1) is 43.4. The number of fused-ring (bicyclic) bond motifs is 4. The van der Waals surface area contributed by atoms with Crippen LogP contribution in [-0.2, 0) is 51.4 Å². The largest absolute Gasteiger partial charge is 0.507 e. The highest BCUT2D eigenvalue weighted by atomic mass is 16.5. The topological polar surface area (TPSA) is 58.9 Å². The van der Waals surface area contributed by atoms with E-state index in [1.807, 2.05) is 36.4 Å². The van der Waals surface area contributed by atoms with Gasteiger partial charge in [-0.25, -0.2) is 0 Å². The first-order chi connectivity index (χ1) is 31.5. The Balaban J connectivity index is 0.955. The second kappa shape index (κ2) is 17.7. The number of para-hydroxylation sites is 2. The molecule has 0 saturated heterocycles. The number of aromatic hydroxyl groups is 2. The molecule has 0 fully saturated rings. The molecule has 0 heterocycles. The molecule has 4 aliphatic rings. The van der Waals surface area contributed by atoms with Gasteiger partial charge in [0.2, 0.25) is 0 Å². The van der Waals surface area contributed by atoms with E-state index in [2.05, 4.69) is 90.1 Å². The van der Waals surface area contributed by atoms with Crippen molar-refractivity contribution in [2.24, 2.45) is 5.41 Å². The summed E-state index contributed by atoms with van der Waals surface area (Å²) in [4.78, 5) is 0. The lowest BCUT2D eigenvalue weighted by atomic mass is 9.76. The zero-order chi connectivity index (χ0) is 45.0. The molecule has 6 aromatic rings. The first-order valence-corrected chi connectivity index (χ1v) is 25.0. The number of phenols is 2. The summed E-state index contributed by atoms with van der Waals surface area (Å²) in [7, 11) is 0. The maximum atomic E-state index is 12.4. The highest BCUT2D eigenvalue weighted by Gasteiger charge is 2.37. The highest BCUT2D eigenvalue weighted by Crippen LogP contribution is 2.50. The Morgan fingerprint density at radius 1 is 0.415 bits per heavy atom. The number of benzene rings is 6. The molecule has 65 heavy (non-hydrogen) atoms. The predicted molar refractivity (Wildman–Crippen MR) is 268 cm³/mol. The van der Waals surface area contributed by atoms with Gasteiger partial charge in [-0.1, -0.05) is 62.4 Å². The van der Waals surface area contributed by atoms with Gasteiger partial charge in [-0.05, 0) is 234 Å². The Bertz CT molecular complexity index is 2530. The minimum atomic E-state index is -0.454. The molecule has 4 heteroatoms. The molecule has 4 aliphatic carbocycles. The second-order valence-corrected chi connectivity index (χ2v) is 20.6. The smallest absolute Gasteiger partial charge is 0.131 e. The summed E-state index contributed by atoms with van der Waals surface area (Å²) >= 11 is 0. The Morgan fingerprint density at radius 2 is 0.723 bits per heavy atom. The third-order valence-electron chi connectivity index (χ3n) is 16.1. The Kier molecular flexibility index (Phi) is 11.8. The maximum absolute atomic E-state index is 12.4. The lowest BCUT2D eigenvalue weighted by Crippen LogP contribution is -2.43. The van der Waals surface area contributed by atoms with E-state index >= 15 is 0 Å². The third kappa shape index (κ3) is 8.04. The van der Waals surface area contributed by atoms with Gasteiger partial charge >= 0.3 is 0 Å². The Hall–Kier alpha value is -5.48. The van der Waals surface area contributed by atoms with E-state index in [-0.39, 0.29) is 12.2 Å². The molecule has 0 aromatic heterocycles. The fourth-order valence-electron chi connectivity index (χ4n) is 11.9. The van der Waals surface area contributed by atoms with Crippen molar-refractivity contribution < 1.29 is 19.7 Å². The van der Waals surface area contributed by atoms with E-state index in [1.54, 1.807) is 0 Å². The standard InChI is InChI=1S/C61H68O4/c1-37-31-51(59(62)53(33-37)57-45-23-11-7-19-41(45)35-42-20-8-12-24-46(42)57)49-27-15-17-29-55(49)64-39(3)61(5,6)40(4)65-56-30-18-16-28-50(56)52-32-38(2)34-54(60(52)63)58-47-25-13-9-21-43(47)36-44-22-10-14-26-48(44)58/h15-18,27-36,39-40,62-63H,7-14,19-26H2,1-6H3/t39-,40-/m1/s1. The van der Waals surface area contributed by atoms with Crippen molar-refractivity contribution in [3.8, 4) is 67.5 Å². The zero-order valence-electron chi connectivity index (χ0n) is 39.8. The van der Waals surface area contributed by atoms with Crippen LogP contribution in [0.2, 0.25) is 0 Å². The van der Waals surface area contributed by atoms with Gasteiger partial charge in [0.05, 0.1) is 0 Å². The van der Waals surface area contributed by atoms with Crippen LogP contribution < -0.4 is 9.47 Å². The van der Waals surface area contributed by atoms with Crippen LogP contribution in [-0.4, -0.2) is 22.4 Å². The van der Waals surface area contributed by atoms with E-state index in [0.29, 0.717) is 11.5 Å². The van der Waals surface area contributed by atoms with Gasteiger partial charge in [-0.15, -0.1) is 0 Å². The molecule has 0 spiro atoms. The summed E-state index contributed by atoms with van der Waals surface area (Å²) in [6, 6.07) is 30.0. The van der Waals surface area contributed by atoms with Crippen molar-refractivity contribution >= 4 is 0 Å². The molecule has 2 N–H and O–H groups in total. The molecule has 0 amide bonds. The number of rotatable bonds is 10. The second-order valence-electron chi connectivity index (χ2n) is 20.6. The monoisotopic (exact) mass is 865 g/mol. The van der Waals surface area contributed by atoms with Crippen LogP contribution in [0.3, 0.4) is 0 Å². The van der Waals surface area contributed by atoms with Crippen LogP contribution >= 0.6 is 0 Å². The average molecular weight is 865 g/mol. The summed E-state index contributed by atoms with van der Waals surface area (Å²) in [5.41, 5.74) is 21.5. The SMILES string of the molecule is Cc1cc(-c2ccccc2O[C@H](C)C(C)(C)[C@@H](C)Oc2ccccc2-c2cc(C)cc(-c3c4c(cc5c3CCCC5)CCCC4)c2O)c(O)c(-c2c3c(cc4c2CCCC4)CCCC3)c1. The van der Waals surface area contributed by atoms with Crippen molar-refractivity contribution in [3.05, 3.63) is 141 Å². The molecule has 0 radical (unpaired) electrons. The molecule has 4 nitrogen and oxygen atoms in total. The molecular formula is C61H68O4. The van der Waals surface area contributed by atoms with Crippen molar-refractivity contribution in [3.63, 3.8) is 0 Å². The lowest BCUT2D eigenvalue weighted by Gasteiger charge is -2.38. The van der Waals surface area contributed by atoms with Gasteiger partial charge in [-0.2, -0.15) is 0 Å². The zero-order valence-corrected chi connectivity index (χ0v) is 39.8. The maximum Gasteiger partial charge on any atom is 0.131 e. The van der Waals surface area contributed by atoms with Crippen molar-refractivity contribution in [2.45, 2.75) is 156 Å². The minimum Gasteiger partial charge on any atom is -0.507 e. The molecule has 0 unspecified atom stereocenters. The number of hydrogen-bond donors (Lipinski definition) is 2. The molecule has 6 aromatic carbocycles. The first-order valence-electron chi connectivity index (χ1n) is 25.0. The summed E-state index contributed by atoms with van der Waals surface area (Å²) in [5.74, 6) is 2.17. The summed E-state index contributed by atoms with van der Waals surface area (Å²) in [6.07, 6.45) is 18.0. The van der Waals surface area contributed by atoms with Gasteiger partial charge in [0.25, 0.3) is 0 Å². The highest BCUT2D eigenvalue weighted by molar-refractivity contribution is 5.90. The van der Waals surface area contributed by atoms with E-state index < -0.39 is 5.41 Å². The van der Waals surface area contributed by atoms with Crippen molar-refractivity contribution in [2.75, 3.05) is 0 Å². The molecular weight excluding hydrogens is 797 g/mol. The molecule has 336 valence electrons. The van der Waals surface area contributed by atoms with Gasteiger partial charge in [0.15, 0.2) is 0 Å². The number of ether oxygens (including phenoxy) is 2. The lowest BCUT2D eigenvalue weighted by molar-refractivity contribution is -0.00280. The van der Waals surface area contributed by atoms with Crippen molar-refractivity contribution in [1.82, 2.24) is 0 Å². The van der Waals surface area contributed by atoms with Crippen LogP contribution in [0.4, 0.5) is 0 Å². The van der Waals surface area contributed by atoms with Gasteiger partial charge in [0, 0.05) is 38.8 Å². The van der Waals surface area contributed by atoms with E-state index in [0.717, 1.165) is 107 Å².